The summed E-state index contributed by atoms with van der Waals surface area (Å²) in [5, 5.41) is 7.65. The van der Waals surface area contributed by atoms with Crippen LogP contribution >= 0.6 is 11.8 Å². The average molecular weight is 223 g/mol. The first kappa shape index (κ1) is 12.2. The first-order chi connectivity index (χ1) is 7.24. The van der Waals surface area contributed by atoms with Gasteiger partial charge in [-0.15, -0.1) is 18.2 Å². The molecule has 0 unspecified atom stereocenters. The standard InChI is InChI=1S/C11H17N3S/c1-4-6-15-7-5-12-9-11-8-10(2)13-14(11)3/h1,8,12H,5-7,9H2,2-3H3. The SMILES string of the molecule is C#CCSCCNCc1cc(C)nn1C. The molecular formula is C11H17N3S. The van der Waals surface area contributed by atoms with Gasteiger partial charge in [0.1, 0.15) is 0 Å². The van der Waals surface area contributed by atoms with Crippen molar-refractivity contribution in [2.75, 3.05) is 18.1 Å². The molecule has 0 fully saturated rings. The molecule has 1 N–H and O–H groups in total. The number of thioether (sulfide) groups is 1. The van der Waals surface area contributed by atoms with Gasteiger partial charge < -0.3 is 5.32 Å². The van der Waals surface area contributed by atoms with Crippen molar-refractivity contribution in [3.05, 3.63) is 17.5 Å². The summed E-state index contributed by atoms with van der Waals surface area (Å²) in [5.74, 6) is 4.46. The maximum absolute atomic E-state index is 5.15. The highest BCUT2D eigenvalue weighted by Crippen LogP contribution is 2.01. The van der Waals surface area contributed by atoms with Crippen LogP contribution in [0.5, 0.6) is 0 Å². The second-order valence-corrected chi connectivity index (χ2v) is 4.44. The Balaban J connectivity index is 2.15. The molecule has 1 rings (SSSR count). The number of aryl methyl sites for hydroxylation is 2. The molecule has 0 aliphatic rings. The fourth-order valence-electron chi connectivity index (χ4n) is 1.32. The molecule has 0 bridgehead atoms. The molecule has 0 spiro atoms. The van der Waals surface area contributed by atoms with E-state index in [0.717, 1.165) is 30.3 Å². The van der Waals surface area contributed by atoms with Crippen LogP contribution in [0.25, 0.3) is 0 Å². The van der Waals surface area contributed by atoms with Crippen molar-refractivity contribution >= 4 is 11.8 Å². The zero-order chi connectivity index (χ0) is 11.1. The third-order valence-corrected chi connectivity index (χ3v) is 2.88. The van der Waals surface area contributed by atoms with Crippen LogP contribution in [0.4, 0.5) is 0 Å². The van der Waals surface area contributed by atoms with Gasteiger partial charge >= 0.3 is 0 Å². The maximum Gasteiger partial charge on any atom is 0.0597 e. The number of nitrogens with one attached hydrogen (secondary N) is 1. The van der Waals surface area contributed by atoms with Gasteiger partial charge in [-0.2, -0.15) is 5.10 Å². The van der Waals surface area contributed by atoms with E-state index in [1.165, 1.54) is 5.69 Å². The Hall–Kier alpha value is -0.920. The minimum absolute atomic E-state index is 0.798. The summed E-state index contributed by atoms with van der Waals surface area (Å²) in [6, 6.07) is 2.10. The van der Waals surface area contributed by atoms with Crippen molar-refractivity contribution < 1.29 is 0 Å². The van der Waals surface area contributed by atoms with Gasteiger partial charge in [-0.1, -0.05) is 5.92 Å². The zero-order valence-corrected chi connectivity index (χ0v) is 10.1. The van der Waals surface area contributed by atoms with Crippen molar-refractivity contribution in [3.8, 4) is 12.3 Å². The van der Waals surface area contributed by atoms with Gasteiger partial charge in [0.2, 0.25) is 0 Å². The second kappa shape index (κ2) is 6.54. The van der Waals surface area contributed by atoms with E-state index in [2.05, 4.69) is 22.4 Å². The molecule has 15 heavy (non-hydrogen) atoms. The summed E-state index contributed by atoms with van der Waals surface area (Å²) in [6.45, 7) is 3.86. The molecule has 0 aliphatic heterocycles. The Labute approximate surface area is 95.6 Å². The highest BCUT2D eigenvalue weighted by molar-refractivity contribution is 7.99. The predicted octanol–water partition coefficient (Wildman–Crippen LogP) is 1.18. The molecule has 0 saturated heterocycles. The van der Waals surface area contributed by atoms with E-state index in [-0.39, 0.29) is 0 Å². The van der Waals surface area contributed by atoms with Gasteiger partial charge in [0, 0.05) is 25.9 Å². The highest BCUT2D eigenvalue weighted by Gasteiger charge is 2.00. The quantitative estimate of drug-likeness (QED) is 0.580. The molecule has 82 valence electrons. The molecule has 4 heteroatoms. The number of terminal acetylenes is 1. The molecular weight excluding hydrogens is 206 g/mol. The van der Waals surface area contributed by atoms with Crippen molar-refractivity contribution in [2.45, 2.75) is 13.5 Å². The highest BCUT2D eigenvalue weighted by atomic mass is 32.2. The monoisotopic (exact) mass is 223 g/mol. The van der Waals surface area contributed by atoms with Crippen molar-refractivity contribution in [1.82, 2.24) is 15.1 Å². The van der Waals surface area contributed by atoms with E-state index in [0.29, 0.717) is 0 Å². The van der Waals surface area contributed by atoms with Crippen molar-refractivity contribution in [1.29, 1.82) is 0 Å². The molecule has 0 aromatic carbocycles. The lowest BCUT2D eigenvalue weighted by Gasteiger charge is -2.03. The summed E-state index contributed by atoms with van der Waals surface area (Å²) in [7, 11) is 1.97. The smallest absolute Gasteiger partial charge is 0.0597 e. The van der Waals surface area contributed by atoms with E-state index in [9.17, 15) is 0 Å². The Morgan fingerprint density at radius 3 is 3.07 bits per heavy atom. The van der Waals surface area contributed by atoms with Crippen LogP contribution in [0, 0.1) is 19.3 Å². The molecule has 1 aromatic heterocycles. The van der Waals surface area contributed by atoms with E-state index >= 15 is 0 Å². The fraction of sp³-hybridized carbons (Fsp3) is 0.545. The van der Waals surface area contributed by atoms with E-state index in [1.807, 2.05) is 18.7 Å². The van der Waals surface area contributed by atoms with Crippen LogP contribution in [-0.2, 0) is 13.6 Å². The largest absolute Gasteiger partial charge is 0.310 e. The van der Waals surface area contributed by atoms with Crippen LogP contribution in [0.2, 0.25) is 0 Å². The summed E-state index contributed by atoms with van der Waals surface area (Å²) in [4.78, 5) is 0. The zero-order valence-electron chi connectivity index (χ0n) is 9.29. The van der Waals surface area contributed by atoms with Crippen molar-refractivity contribution in [2.24, 2.45) is 7.05 Å². The minimum Gasteiger partial charge on any atom is -0.310 e. The average Bonchev–Trinajstić information content (AvgIpc) is 2.51. The number of aromatic nitrogens is 2. The predicted molar refractivity (Wildman–Crippen MR) is 65.8 cm³/mol. The lowest BCUT2D eigenvalue weighted by molar-refractivity contribution is 0.643. The summed E-state index contributed by atoms with van der Waals surface area (Å²) >= 11 is 1.78. The first-order valence-corrected chi connectivity index (χ1v) is 6.11. The van der Waals surface area contributed by atoms with E-state index in [1.54, 1.807) is 11.8 Å². The third-order valence-electron chi connectivity index (χ3n) is 2.01. The summed E-state index contributed by atoms with van der Waals surface area (Å²) in [5.41, 5.74) is 2.28. The Morgan fingerprint density at radius 1 is 1.67 bits per heavy atom. The third kappa shape index (κ3) is 4.41. The molecule has 1 heterocycles. The normalized spacial score (nSPS) is 10.2. The van der Waals surface area contributed by atoms with Gasteiger partial charge in [0.15, 0.2) is 0 Å². The fourth-order valence-corrected chi connectivity index (χ4v) is 1.87. The van der Waals surface area contributed by atoms with Gasteiger partial charge in [-0.3, -0.25) is 4.68 Å². The van der Waals surface area contributed by atoms with Crippen LogP contribution in [0.15, 0.2) is 6.07 Å². The lowest BCUT2D eigenvalue weighted by atomic mass is 10.3. The summed E-state index contributed by atoms with van der Waals surface area (Å²) < 4.78 is 1.91. The topological polar surface area (TPSA) is 29.9 Å². The molecule has 0 saturated carbocycles. The van der Waals surface area contributed by atoms with E-state index < -0.39 is 0 Å². The molecule has 0 atom stereocenters. The Kier molecular flexibility index (Phi) is 5.30. The van der Waals surface area contributed by atoms with Crippen molar-refractivity contribution in [3.63, 3.8) is 0 Å². The maximum atomic E-state index is 5.15. The van der Waals surface area contributed by atoms with Gasteiger partial charge in [-0.25, -0.2) is 0 Å². The first-order valence-electron chi connectivity index (χ1n) is 4.95. The number of hydrogen-bond donors (Lipinski definition) is 1. The van der Waals surface area contributed by atoms with E-state index in [4.69, 9.17) is 6.42 Å². The minimum atomic E-state index is 0.798. The number of hydrogen-bond acceptors (Lipinski definition) is 3. The van der Waals surface area contributed by atoms with Gasteiger partial charge in [-0.05, 0) is 13.0 Å². The summed E-state index contributed by atoms with van der Waals surface area (Å²) in [6.07, 6.45) is 5.15. The lowest BCUT2D eigenvalue weighted by Crippen LogP contribution is -2.18. The van der Waals surface area contributed by atoms with Gasteiger partial charge in [0.25, 0.3) is 0 Å². The molecule has 3 nitrogen and oxygen atoms in total. The molecule has 0 amide bonds. The molecule has 0 radical (unpaired) electrons. The Morgan fingerprint density at radius 2 is 2.47 bits per heavy atom. The van der Waals surface area contributed by atoms with Crippen LogP contribution in [0.3, 0.4) is 0 Å². The Bertz CT molecular complexity index is 338. The molecule has 0 aliphatic carbocycles. The van der Waals surface area contributed by atoms with Crippen LogP contribution in [0.1, 0.15) is 11.4 Å². The van der Waals surface area contributed by atoms with Crippen LogP contribution < -0.4 is 5.32 Å². The van der Waals surface area contributed by atoms with Gasteiger partial charge in [0.05, 0.1) is 17.1 Å². The molecule has 1 aromatic rings. The van der Waals surface area contributed by atoms with Crippen LogP contribution in [-0.4, -0.2) is 27.8 Å². The number of nitrogens with zero attached hydrogens (tertiary/aromatic N) is 2. The number of rotatable bonds is 6. The second-order valence-electron chi connectivity index (χ2n) is 3.33.